The molecular weight excluding hydrogens is 312 g/mol. The maximum atomic E-state index is 11.9. The van der Waals surface area contributed by atoms with Crippen LogP contribution in [0, 0.1) is 0 Å². The predicted molar refractivity (Wildman–Crippen MR) is 74.3 cm³/mol. The number of halogens is 1. The van der Waals surface area contributed by atoms with Crippen LogP contribution in [0.5, 0.6) is 0 Å². The van der Waals surface area contributed by atoms with Crippen LogP contribution < -0.4 is 11.2 Å². The van der Waals surface area contributed by atoms with Gasteiger partial charge in [-0.2, -0.15) is 0 Å². The summed E-state index contributed by atoms with van der Waals surface area (Å²) >= 11 is 3.15. The zero-order chi connectivity index (χ0) is 13.5. The highest BCUT2D eigenvalue weighted by Crippen LogP contribution is 2.43. The molecule has 1 saturated carbocycles. The van der Waals surface area contributed by atoms with Crippen molar-refractivity contribution in [2.24, 2.45) is 0 Å². The SMILES string of the molecule is O=c1[nH]cc(Br)c(=O)n1CC1CCC2(CCCC2)O1. The van der Waals surface area contributed by atoms with E-state index in [1.807, 2.05) is 0 Å². The summed E-state index contributed by atoms with van der Waals surface area (Å²) in [5, 5.41) is 0. The van der Waals surface area contributed by atoms with Gasteiger partial charge in [0.2, 0.25) is 0 Å². The van der Waals surface area contributed by atoms with E-state index in [-0.39, 0.29) is 23.0 Å². The number of nitrogens with zero attached hydrogens (tertiary/aromatic N) is 1. The predicted octanol–water partition coefficient (Wildman–Crippen LogP) is 1.79. The van der Waals surface area contributed by atoms with Crippen LogP contribution in [0.2, 0.25) is 0 Å². The fraction of sp³-hybridized carbons (Fsp3) is 0.692. The van der Waals surface area contributed by atoms with Gasteiger partial charge in [-0.05, 0) is 41.6 Å². The number of nitrogens with one attached hydrogen (secondary N) is 1. The van der Waals surface area contributed by atoms with Crippen molar-refractivity contribution in [1.82, 2.24) is 9.55 Å². The standard InChI is InChI=1S/C13H17BrN2O3/c14-10-7-15-12(18)16(11(10)17)8-9-3-6-13(19-9)4-1-2-5-13/h7,9H,1-6,8H2,(H,15,18). The summed E-state index contributed by atoms with van der Waals surface area (Å²) in [6, 6.07) is 0. The maximum Gasteiger partial charge on any atom is 0.328 e. The molecule has 1 atom stereocenters. The van der Waals surface area contributed by atoms with Gasteiger partial charge < -0.3 is 9.72 Å². The van der Waals surface area contributed by atoms with E-state index in [4.69, 9.17) is 4.74 Å². The molecule has 1 unspecified atom stereocenters. The van der Waals surface area contributed by atoms with Crippen molar-refractivity contribution in [2.75, 3.05) is 0 Å². The van der Waals surface area contributed by atoms with E-state index in [2.05, 4.69) is 20.9 Å². The van der Waals surface area contributed by atoms with Crippen molar-refractivity contribution >= 4 is 15.9 Å². The Balaban J connectivity index is 1.78. The first-order valence-corrected chi connectivity index (χ1v) is 7.55. The van der Waals surface area contributed by atoms with E-state index >= 15 is 0 Å². The Labute approximate surface area is 119 Å². The highest BCUT2D eigenvalue weighted by molar-refractivity contribution is 9.10. The normalized spacial score (nSPS) is 25.2. The van der Waals surface area contributed by atoms with E-state index in [1.165, 1.54) is 23.6 Å². The Morgan fingerprint density at radius 3 is 2.84 bits per heavy atom. The van der Waals surface area contributed by atoms with Gasteiger partial charge in [0.15, 0.2) is 0 Å². The van der Waals surface area contributed by atoms with Crippen LogP contribution in [0.25, 0.3) is 0 Å². The van der Waals surface area contributed by atoms with Crippen molar-refractivity contribution in [3.05, 3.63) is 31.5 Å². The van der Waals surface area contributed by atoms with Gasteiger partial charge in [0.25, 0.3) is 5.56 Å². The molecular formula is C13H17BrN2O3. The van der Waals surface area contributed by atoms with Gasteiger partial charge in [0.1, 0.15) is 0 Å². The topological polar surface area (TPSA) is 64.1 Å². The summed E-state index contributed by atoms with van der Waals surface area (Å²) in [5.74, 6) is 0. The third-order valence-electron chi connectivity index (χ3n) is 4.26. The first-order valence-electron chi connectivity index (χ1n) is 6.76. The zero-order valence-corrected chi connectivity index (χ0v) is 12.2. The Kier molecular flexibility index (Phi) is 3.39. The molecule has 0 aromatic carbocycles. The largest absolute Gasteiger partial charge is 0.370 e. The first kappa shape index (κ1) is 13.1. The highest BCUT2D eigenvalue weighted by atomic mass is 79.9. The fourth-order valence-corrected chi connectivity index (χ4v) is 3.60. The molecule has 1 saturated heterocycles. The molecule has 3 rings (SSSR count). The quantitative estimate of drug-likeness (QED) is 0.900. The summed E-state index contributed by atoms with van der Waals surface area (Å²) < 4.78 is 7.74. The van der Waals surface area contributed by atoms with Gasteiger partial charge in [-0.15, -0.1) is 0 Å². The van der Waals surface area contributed by atoms with Gasteiger partial charge in [-0.1, -0.05) is 12.8 Å². The van der Waals surface area contributed by atoms with Crippen LogP contribution in [0.1, 0.15) is 38.5 Å². The number of hydrogen-bond donors (Lipinski definition) is 1. The molecule has 2 aliphatic rings. The monoisotopic (exact) mass is 328 g/mol. The van der Waals surface area contributed by atoms with Gasteiger partial charge in [0, 0.05) is 6.20 Å². The molecule has 2 fully saturated rings. The number of rotatable bonds is 2. The lowest BCUT2D eigenvalue weighted by atomic mass is 9.98. The van der Waals surface area contributed by atoms with Crippen LogP contribution in [0.4, 0.5) is 0 Å². The molecule has 1 aromatic heterocycles. The minimum Gasteiger partial charge on any atom is -0.370 e. The molecule has 104 valence electrons. The number of H-pyrrole nitrogens is 1. The summed E-state index contributed by atoms with van der Waals surface area (Å²) in [5.41, 5.74) is -0.628. The Morgan fingerprint density at radius 2 is 2.11 bits per heavy atom. The van der Waals surface area contributed by atoms with Crippen LogP contribution in [0.15, 0.2) is 20.3 Å². The second kappa shape index (κ2) is 4.90. The molecule has 1 aromatic rings. The summed E-state index contributed by atoms with van der Waals surface area (Å²) in [7, 11) is 0. The Bertz CT molecular complexity index is 586. The molecule has 0 bridgehead atoms. The third-order valence-corrected chi connectivity index (χ3v) is 4.82. The molecule has 1 aliphatic heterocycles. The average molecular weight is 329 g/mol. The third kappa shape index (κ3) is 2.43. The lowest BCUT2D eigenvalue weighted by molar-refractivity contribution is -0.0425. The minimum absolute atomic E-state index is 0.0220. The molecule has 6 heteroatoms. The summed E-state index contributed by atoms with van der Waals surface area (Å²) in [4.78, 5) is 26.2. The second-order valence-corrected chi connectivity index (χ2v) is 6.38. The lowest BCUT2D eigenvalue weighted by Gasteiger charge is -2.23. The van der Waals surface area contributed by atoms with E-state index in [9.17, 15) is 9.59 Å². The van der Waals surface area contributed by atoms with Crippen LogP contribution in [-0.2, 0) is 11.3 Å². The Hall–Kier alpha value is -0.880. The molecule has 5 nitrogen and oxygen atoms in total. The number of aromatic nitrogens is 2. The van der Waals surface area contributed by atoms with Crippen molar-refractivity contribution in [2.45, 2.75) is 56.8 Å². The van der Waals surface area contributed by atoms with Crippen LogP contribution >= 0.6 is 15.9 Å². The van der Waals surface area contributed by atoms with Crippen molar-refractivity contribution < 1.29 is 4.74 Å². The van der Waals surface area contributed by atoms with Crippen molar-refractivity contribution in [3.63, 3.8) is 0 Å². The average Bonchev–Trinajstić information content (AvgIpc) is 3.01. The second-order valence-electron chi connectivity index (χ2n) is 5.53. The van der Waals surface area contributed by atoms with E-state index in [0.717, 1.165) is 25.7 Å². The number of aromatic amines is 1. The molecule has 1 N–H and O–H groups in total. The lowest BCUT2D eigenvalue weighted by Crippen LogP contribution is -2.39. The minimum atomic E-state index is -0.371. The van der Waals surface area contributed by atoms with Crippen molar-refractivity contribution in [1.29, 1.82) is 0 Å². The first-order chi connectivity index (χ1) is 9.10. The number of ether oxygens (including phenoxy) is 1. The maximum absolute atomic E-state index is 11.9. The van der Waals surface area contributed by atoms with Gasteiger partial charge in [-0.25, -0.2) is 4.79 Å². The molecule has 1 spiro atoms. The molecule has 0 radical (unpaired) electrons. The smallest absolute Gasteiger partial charge is 0.328 e. The van der Waals surface area contributed by atoms with Crippen LogP contribution in [0.3, 0.4) is 0 Å². The summed E-state index contributed by atoms with van der Waals surface area (Å²) in [6.07, 6.45) is 8.03. The number of hydrogen-bond acceptors (Lipinski definition) is 3. The van der Waals surface area contributed by atoms with Gasteiger partial charge >= 0.3 is 5.69 Å². The fourth-order valence-electron chi connectivity index (χ4n) is 3.27. The van der Waals surface area contributed by atoms with Gasteiger partial charge in [-0.3, -0.25) is 9.36 Å². The highest BCUT2D eigenvalue weighted by Gasteiger charge is 2.42. The summed E-state index contributed by atoms with van der Waals surface area (Å²) in [6.45, 7) is 0.343. The van der Waals surface area contributed by atoms with Gasteiger partial charge in [0.05, 0.1) is 22.7 Å². The molecule has 2 heterocycles. The van der Waals surface area contributed by atoms with Crippen molar-refractivity contribution in [3.8, 4) is 0 Å². The molecule has 1 aliphatic carbocycles. The van der Waals surface area contributed by atoms with E-state index < -0.39 is 0 Å². The van der Waals surface area contributed by atoms with E-state index in [0.29, 0.717) is 11.0 Å². The zero-order valence-electron chi connectivity index (χ0n) is 10.7. The van der Waals surface area contributed by atoms with Crippen LogP contribution in [-0.4, -0.2) is 21.3 Å². The molecule has 19 heavy (non-hydrogen) atoms. The Morgan fingerprint density at radius 1 is 1.37 bits per heavy atom. The van der Waals surface area contributed by atoms with E-state index in [1.54, 1.807) is 0 Å². The molecule has 0 amide bonds.